The number of halogens is 3. The summed E-state index contributed by atoms with van der Waals surface area (Å²) in [6, 6.07) is 8.24. The molecule has 1 aliphatic heterocycles. The molecule has 166 valence electrons. The molecule has 30 heavy (non-hydrogen) atoms. The van der Waals surface area contributed by atoms with E-state index in [1.165, 1.54) is 0 Å². The topological polar surface area (TPSA) is 83.9 Å². The van der Waals surface area contributed by atoms with E-state index in [9.17, 15) is 32.7 Å². The summed E-state index contributed by atoms with van der Waals surface area (Å²) < 4.78 is 43.7. The Hall–Kier alpha value is -2.58. The Kier molecular flexibility index (Phi) is 7.15. The Morgan fingerprint density at radius 2 is 1.80 bits per heavy atom. The second kappa shape index (κ2) is 9.06. The highest BCUT2D eigenvalue weighted by Crippen LogP contribution is 2.39. The van der Waals surface area contributed by atoms with Crippen LogP contribution in [0.25, 0.3) is 0 Å². The average molecular weight is 429 g/mol. The van der Waals surface area contributed by atoms with E-state index < -0.39 is 60.3 Å². The van der Waals surface area contributed by atoms with Gasteiger partial charge >= 0.3 is 18.2 Å². The number of ether oxygens (including phenoxy) is 1. The summed E-state index contributed by atoms with van der Waals surface area (Å²) in [5, 5.41) is 9.70. The summed E-state index contributed by atoms with van der Waals surface area (Å²) in [7, 11) is 0. The Labute approximate surface area is 173 Å². The Morgan fingerprint density at radius 1 is 1.20 bits per heavy atom. The molecule has 0 bridgehead atoms. The van der Waals surface area contributed by atoms with Crippen LogP contribution in [-0.2, 0) is 20.7 Å². The molecule has 0 aliphatic carbocycles. The second-order valence-corrected chi connectivity index (χ2v) is 8.57. The lowest BCUT2D eigenvalue weighted by molar-refractivity contribution is -0.160. The lowest BCUT2D eigenvalue weighted by Crippen LogP contribution is -2.49. The maximum Gasteiger partial charge on any atom is 0.416 e. The quantitative estimate of drug-likeness (QED) is 0.699. The Morgan fingerprint density at radius 3 is 2.30 bits per heavy atom. The van der Waals surface area contributed by atoms with Gasteiger partial charge in [-0.15, -0.1) is 0 Å². The van der Waals surface area contributed by atoms with Crippen LogP contribution in [0, 0.1) is 17.3 Å². The number of cyclic esters (lactones) is 1. The molecule has 0 aromatic heterocycles. The molecule has 2 amide bonds. The Bertz CT molecular complexity index is 773. The highest BCUT2D eigenvalue weighted by atomic mass is 19.4. The monoisotopic (exact) mass is 429 g/mol. The number of alkyl halides is 3. The van der Waals surface area contributed by atoms with Crippen LogP contribution >= 0.6 is 0 Å². The van der Waals surface area contributed by atoms with E-state index in [1.807, 2.05) is 0 Å². The summed E-state index contributed by atoms with van der Waals surface area (Å²) in [5.41, 5.74) is -0.188. The summed E-state index contributed by atoms with van der Waals surface area (Å²) in [4.78, 5) is 38.3. The van der Waals surface area contributed by atoms with Gasteiger partial charge in [0.1, 0.15) is 6.61 Å². The van der Waals surface area contributed by atoms with Gasteiger partial charge in [-0.1, -0.05) is 51.1 Å². The third-order valence-electron chi connectivity index (χ3n) is 5.17. The third kappa shape index (κ3) is 5.96. The second-order valence-electron chi connectivity index (χ2n) is 8.57. The van der Waals surface area contributed by atoms with Crippen LogP contribution < -0.4 is 0 Å². The van der Waals surface area contributed by atoms with Crippen LogP contribution in [0.2, 0.25) is 0 Å². The van der Waals surface area contributed by atoms with Crippen LogP contribution in [0.4, 0.5) is 18.0 Å². The number of rotatable bonds is 7. The van der Waals surface area contributed by atoms with Gasteiger partial charge in [-0.05, 0) is 23.8 Å². The number of hydrogen-bond donors (Lipinski definition) is 1. The molecule has 1 aromatic carbocycles. The summed E-state index contributed by atoms with van der Waals surface area (Å²) in [5.74, 6) is -5.24. The van der Waals surface area contributed by atoms with Crippen molar-refractivity contribution in [3.05, 3.63) is 35.9 Å². The van der Waals surface area contributed by atoms with Gasteiger partial charge in [-0.2, -0.15) is 13.2 Å². The SMILES string of the molecule is CC(C)(C)C(C(=O)O)[C@@H](CCC(F)(F)F)C(=O)N1C(=O)OC[C@@H]1Cc1ccccc1. The predicted octanol–water partition coefficient (Wildman–Crippen LogP) is 4.28. The molecule has 6 nitrogen and oxygen atoms in total. The van der Waals surface area contributed by atoms with Crippen molar-refractivity contribution >= 4 is 18.0 Å². The number of nitrogens with zero attached hydrogens (tertiary/aromatic N) is 1. The molecule has 1 aromatic rings. The number of imide groups is 1. The van der Waals surface area contributed by atoms with Gasteiger partial charge in [-0.25, -0.2) is 9.69 Å². The van der Waals surface area contributed by atoms with Gasteiger partial charge in [-0.3, -0.25) is 9.59 Å². The van der Waals surface area contributed by atoms with Crippen molar-refractivity contribution in [2.75, 3.05) is 6.61 Å². The molecule has 1 N–H and O–H groups in total. The largest absolute Gasteiger partial charge is 0.481 e. The molecular formula is C21H26F3NO5. The third-order valence-corrected chi connectivity index (χ3v) is 5.17. The van der Waals surface area contributed by atoms with Gasteiger partial charge in [0, 0.05) is 6.42 Å². The molecule has 1 aliphatic rings. The van der Waals surface area contributed by atoms with E-state index in [1.54, 1.807) is 51.1 Å². The van der Waals surface area contributed by atoms with Crippen molar-refractivity contribution < 1.29 is 37.4 Å². The number of amides is 2. The number of hydrogen-bond acceptors (Lipinski definition) is 4. The lowest BCUT2D eigenvalue weighted by Gasteiger charge is -2.35. The van der Waals surface area contributed by atoms with E-state index >= 15 is 0 Å². The molecule has 1 unspecified atom stereocenters. The van der Waals surface area contributed by atoms with Crippen LogP contribution in [0.1, 0.15) is 39.2 Å². The normalized spacial score (nSPS) is 19.3. The van der Waals surface area contributed by atoms with Crippen LogP contribution in [0.5, 0.6) is 0 Å². The Balaban J connectivity index is 2.36. The zero-order valence-electron chi connectivity index (χ0n) is 17.1. The summed E-state index contributed by atoms with van der Waals surface area (Å²) in [6.45, 7) is 4.54. The number of carboxylic acid groups (broad SMARTS) is 1. The molecule has 0 spiro atoms. The molecule has 2 rings (SSSR count). The minimum absolute atomic E-state index is 0.0985. The van der Waals surface area contributed by atoms with Crippen LogP contribution in [-0.4, -0.2) is 46.8 Å². The first-order chi connectivity index (χ1) is 13.8. The highest BCUT2D eigenvalue weighted by Gasteiger charge is 2.48. The van der Waals surface area contributed by atoms with Crippen molar-refractivity contribution in [1.82, 2.24) is 4.90 Å². The van der Waals surface area contributed by atoms with Crippen molar-refractivity contribution in [2.24, 2.45) is 17.3 Å². The van der Waals surface area contributed by atoms with Gasteiger partial charge < -0.3 is 9.84 Å². The number of benzene rings is 1. The fourth-order valence-electron chi connectivity index (χ4n) is 3.84. The predicted molar refractivity (Wildman–Crippen MR) is 101 cm³/mol. The minimum atomic E-state index is -4.56. The zero-order valence-corrected chi connectivity index (χ0v) is 17.1. The van der Waals surface area contributed by atoms with E-state index in [-0.39, 0.29) is 13.0 Å². The number of carbonyl (C=O) groups is 3. The van der Waals surface area contributed by atoms with E-state index in [0.29, 0.717) is 0 Å². The van der Waals surface area contributed by atoms with Crippen molar-refractivity contribution in [3.8, 4) is 0 Å². The number of aliphatic carboxylic acids is 1. The standard InChI is InChI=1S/C21H26F3NO5/c1-20(2,3)16(18(27)28)15(9-10-21(22,23)24)17(26)25-14(12-30-19(25)29)11-13-7-5-4-6-8-13/h4-8,14-16H,9-12H2,1-3H3,(H,27,28)/t14-,15+,16?/m0/s1. The molecule has 1 saturated heterocycles. The molecule has 0 saturated carbocycles. The van der Waals surface area contributed by atoms with Crippen molar-refractivity contribution in [2.45, 2.75) is 52.3 Å². The van der Waals surface area contributed by atoms with Gasteiger partial charge in [0.15, 0.2) is 0 Å². The zero-order chi connectivity index (χ0) is 22.7. The lowest BCUT2D eigenvalue weighted by atomic mass is 9.71. The molecule has 1 heterocycles. The van der Waals surface area contributed by atoms with Gasteiger partial charge in [0.05, 0.1) is 17.9 Å². The van der Waals surface area contributed by atoms with E-state index in [0.717, 1.165) is 10.5 Å². The fraction of sp³-hybridized carbons (Fsp3) is 0.571. The number of carbonyl (C=O) groups excluding carboxylic acids is 2. The molecule has 3 atom stereocenters. The molecule has 1 fully saturated rings. The van der Waals surface area contributed by atoms with Gasteiger partial charge in [0.25, 0.3) is 0 Å². The van der Waals surface area contributed by atoms with Crippen molar-refractivity contribution in [3.63, 3.8) is 0 Å². The first kappa shape index (κ1) is 23.7. The van der Waals surface area contributed by atoms with Crippen LogP contribution in [0.15, 0.2) is 30.3 Å². The number of carboxylic acids is 1. The fourth-order valence-corrected chi connectivity index (χ4v) is 3.84. The average Bonchev–Trinajstić information content (AvgIpc) is 2.96. The van der Waals surface area contributed by atoms with E-state index in [4.69, 9.17) is 4.74 Å². The van der Waals surface area contributed by atoms with E-state index in [2.05, 4.69) is 0 Å². The first-order valence-corrected chi connectivity index (χ1v) is 9.64. The maximum absolute atomic E-state index is 13.3. The highest BCUT2D eigenvalue weighted by molar-refractivity contribution is 5.96. The molecule has 0 radical (unpaired) electrons. The summed E-state index contributed by atoms with van der Waals surface area (Å²) in [6.07, 6.45) is -7.31. The summed E-state index contributed by atoms with van der Waals surface area (Å²) >= 11 is 0. The first-order valence-electron chi connectivity index (χ1n) is 9.64. The molecular weight excluding hydrogens is 403 g/mol. The van der Waals surface area contributed by atoms with Crippen LogP contribution in [0.3, 0.4) is 0 Å². The van der Waals surface area contributed by atoms with Crippen molar-refractivity contribution in [1.29, 1.82) is 0 Å². The maximum atomic E-state index is 13.3. The smallest absolute Gasteiger partial charge is 0.416 e. The minimum Gasteiger partial charge on any atom is -0.481 e. The van der Waals surface area contributed by atoms with Gasteiger partial charge in [0.2, 0.25) is 5.91 Å². The molecule has 9 heteroatoms.